The molecule has 0 aliphatic rings. The van der Waals surface area contributed by atoms with Crippen molar-refractivity contribution < 1.29 is 0 Å². The van der Waals surface area contributed by atoms with Crippen molar-refractivity contribution in [3.63, 3.8) is 0 Å². The summed E-state index contributed by atoms with van der Waals surface area (Å²) in [5, 5.41) is 9.86. The standard InChI is InChI=1S/C10H14N6/c1-8-11-6-4-9(15-8)12-5-2-3-10-13-7-14-16-10/h4,6-7H,2-3,5H2,1H3,(H,11,12,15)(H,13,14,16). The number of aromatic nitrogens is 5. The summed E-state index contributed by atoms with van der Waals surface area (Å²) in [5.41, 5.74) is 0. The van der Waals surface area contributed by atoms with Crippen molar-refractivity contribution in [2.75, 3.05) is 11.9 Å². The minimum atomic E-state index is 0.778. The van der Waals surface area contributed by atoms with E-state index in [9.17, 15) is 0 Å². The first-order valence-corrected chi connectivity index (χ1v) is 5.22. The van der Waals surface area contributed by atoms with Gasteiger partial charge in [-0.1, -0.05) is 0 Å². The molecule has 2 heterocycles. The third-order valence-electron chi connectivity index (χ3n) is 2.14. The van der Waals surface area contributed by atoms with Gasteiger partial charge in [0, 0.05) is 19.2 Å². The van der Waals surface area contributed by atoms with E-state index in [4.69, 9.17) is 0 Å². The van der Waals surface area contributed by atoms with Crippen LogP contribution in [0.4, 0.5) is 5.82 Å². The summed E-state index contributed by atoms with van der Waals surface area (Å²) in [7, 11) is 0. The van der Waals surface area contributed by atoms with Crippen LogP contribution in [0.1, 0.15) is 18.1 Å². The van der Waals surface area contributed by atoms with E-state index in [1.165, 1.54) is 6.33 Å². The quantitative estimate of drug-likeness (QED) is 0.730. The molecule has 16 heavy (non-hydrogen) atoms. The lowest BCUT2D eigenvalue weighted by molar-refractivity contribution is 0.802. The summed E-state index contributed by atoms with van der Waals surface area (Å²) in [6.45, 7) is 2.73. The molecule has 0 aromatic carbocycles. The maximum Gasteiger partial charge on any atom is 0.137 e. The predicted octanol–water partition coefficient (Wildman–Crippen LogP) is 0.948. The number of hydrogen-bond donors (Lipinski definition) is 2. The zero-order valence-electron chi connectivity index (χ0n) is 9.14. The molecule has 2 N–H and O–H groups in total. The van der Waals surface area contributed by atoms with Crippen LogP contribution >= 0.6 is 0 Å². The lowest BCUT2D eigenvalue weighted by Crippen LogP contribution is -2.06. The minimum absolute atomic E-state index is 0.778. The van der Waals surface area contributed by atoms with Gasteiger partial charge in [0.15, 0.2) is 0 Å². The molecule has 6 nitrogen and oxygen atoms in total. The van der Waals surface area contributed by atoms with E-state index < -0.39 is 0 Å². The van der Waals surface area contributed by atoms with Gasteiger partial charge in [-0.25, -0.2) is 15.0 Å². The number of hydrogen-bond acceptors (Lipinski definition) is 5. The van der Waals surface area contributed by atoms with E-state index >= 15 is 0 Å². The third-order valence-corrected chi connectivity index (χ3v) is 2.14. The molecule has 84 valence electrons. The van der Waals surface area contributed by atoms with Crippen molar-refractivity contribution in [1.82, 2.24) is 25.1 Å². The molecular formula is C10H14N6. The van der Waals surface area contributed by atoms with Crippen molar-refractivity contribution in [3.8, 4) is 0 Å². The molecule has 2 aromatic rings. The Morgan fingerprint density at radius 1 is 1.38 bits per heavy atom. The molecule has 0 bridgehead atoms. The van der Waals surface area contributed by atoms with Gasteiger partial charge in [-0.2, -0.15) is 5.10 Å². The molecule has 0 unspecified atom stereocenters. The number of aryl methyl sites for hydroxylation is 2. The largest absolute Gasteiger partial charge is 0.370 e. The molecule has 0 radical (unpaired) electrons. The van der Waals surface area contributed by atoms with Crippen LogP contribution in [0.15, 0.2) is 18.6 Å². The average Bonchev–Trinajstić information content (AvgIpc) is 2.77. The molecule has 0 spiro atoms. The molecule has 2 rings (SSSR count). The Bertz CT molecular complexity index is 425. The summed E-state index contributed by atoms with van der Waals surface area (Å²) in [6, 6.07) is 1.86. The van der Waals surface area contributed by atoms with Crippen LogP contribution in [0.3, 0.4) is 0 Å². The zero-order valence-corrected chi connectivity index (χ0v) is 9.14. The summed E-state index contributed by atoms with van der Waals surface area (Å²) in [5.74, 6) is 2.56. The highest BCUT2D eigenvalue weighted by molar-refractivity contribution is 5.32. The Hall–Kier alpha value is -1.98. The van der Waals surface area contributed by atoms with Gasteiger partial charge in [-0.3, -0.25) is 5.10 Å². The Morgan fingerprint density at radius 2 is 2.31 bits per heavy atom. The number of anilines is 1. The normalized spacial score (nSPS) is 10.3. The summed E-state index contributed by atoms with van der Waals surface area (Å²) in [4.78, 5) is 12.3. The van der Waals surface area contributed by atoms with E-state index in [0.29, 0.717) is 0 Å². The summed E-state index contributed by atoms with van der Waals surface area (Å²) in [6.07, 6.45) is 5.15. The highest BCUT2D eigenvalue weighted by Gasteiger charge is 1.97. The van der Waals surface area contributed by atoms with Gasteiger partial charge in [0.05, 0.1) is 0 Å². The van der Waals surface area contributed by atoms with Crippen LogP contribution in [0, 0.1) is 6.92 Å². The van der Waals surface area contributed by atoms with E-state index in [1.54, 1.807) is 6.20 Å². The second-order valence-corrected chi connectivity index (χ2v) is 3.45. The number of H-pyrrole nitrogens is 1. The zero-order chi connectivity index (χ0) is 11.2. The van der Waals surface area contributed by atoms with Crippen molar-refractivity contribution >= 4 is 5.82 Å². The second-order valence-electron chi connectivity index (χ2n) is 3.45. The van der Waals surface area contributed by atoms with Crippen LogP contribution in [0.5, 0.6) is 0 Å². The van der Waals surface area contributed by atoms with Gasteiger partial charge in [-0.05, 0) is 19.4 Å². The number of rotatable bonds is 5. The second kappa shape index (κ2) is 5.20. The maximum atomic E-state index is 4.25. The van der Waals surface area contributed by atoms with E-state index in [2.05, 4.69) is 30.5 Å². The fourth-order valence-electron chi connectivity index (χ4n) is 1.38. The van der Waals surface area contributed by atoms with Crippen LogP contribution in [0.2, 0.25) is 0 Å². The summed E-state index contributed by atoms with van der Waals surface area (Å²) < 4.78 is 0. The Kier molecular flexibility index (Phi) is 3.42. The Labute approximate surface area is 93.6 Å². The fourth-order valence-corrected chi connectivity index (χ4v) is 1.38. The van der Waals surface area contributed by atoms with Crippen molar-refractivity contribution in [2.24, 2.45) is 0 Å². The van der Waals surface area contributed by atoms with Crippen molar-refractivity contribution in [1.29, 1.82) is 0 Å². The van der Waals surface area contributed by atoms with Gasteiger partial charge < -0.3 is 5.32 Å². The van der Waals surface area contributed by atoms with Crippen LogP contribution < -0.4 is 5.32 Å². The molecule has 0 saturated carbocycles. The highest BCUT2D eigenvalue weighted by Crippen LogP contribution is 2.01. The van der Waals surface area contributed by atoms with Crippen LogP contribution in [-0.4, -0.2) is 31.7 Å². The van der Waals surface area contributed by atoms with Gasteiger partial charge in [-0.15, -0.1) is 0 Å². The highest BCUT2D eigenvalue weighted by atomic mass is 15.2. The van der Waals surface area contributed by atoms with Crippen LogP contribution in [0.25, 0.3) is 0 Å². The van der Waals surface area contributed by atoms with Crippen LogP contribution in [-0.2, 0) is 6.42 Å². The van der Waals surface area contributed by atoms with E-state index in [1.807, 2.05) is 13.0 Å². The Morgan fingerprint density at radius 3 is 3.06 bits per heavy atom. The Balaban J connectivity index is 1.72. The topological polar surface area (TPSA) is 79.4 Å². The van der Waals surface area contributed by atoms with Gasteiger partial charge in [0.1, 0.15) is 23.8 Å². The lowest BCUT2D eigenvalue weighted by Gasteiger charge is -2.04. The lowest BCUT2D eigenvalue weighted by atomic mass is 10.3. The average molecular weight is 218 g/mol. The molecule has 2 aromatic heterocycles. The van der Waals surface area contributed by atoms with Crippen molar-refractivity contribution in [2.45, 2.75) is 19.8 Å². The molecule has 0 saturated heterocycles. The minimum Gasteiger partial charge on any atom is -0.370 e. The third kappa shape index (κ3) is 3.01. The molecule has 0 aliphatic carbocycles. The maximum absolute atomic E-state index is 4.25. The molecular weight excluding hydrogens is 204 g/mol. The smallest absolute Gasteiger partial charge is 0.137 e. The van der Waals surface area contributed by atoms with Gasteiger partial charge in [0.25, 0.3) is 0 Å². The van der Waals surface area contributed by atoms with E-state index in [-0.39, 0.29) is 0 Å². The first-order chi connectivity index (χ1) is 7.84. The van der Waals surface area contributed by atoms with E-state index in [0.717, 1.165) is 36.9 Å². The number of aromatic amines is 1. The molecule has 0 fully saturated rings. The van der Waals surface area contributed by atoms with Gasteiger partial charge in [0.2, 0.25) is 0 Å². The fraction of sp³-hybridized carbons (Fsp3) is 0.400. The molecule has 0 amide bonds. The summed E-state index contributed by atoms with van der Waals surface area (Å²) >= 11 is 0. The number of nitrogens with one attached hydrogen (secondary N) is 2. The molecule has 6 heteroatoms. The van der Waals surface area contributed by atoms with Crippen molar-refractivity contribution in [3.05, 3.63) is 30.2 Å². The molecule has 0 aliphatic heterocycles. The van der Waals surface area contributed by atoms with Gasteiger partial charge >= 0.3 is 0 Å². The monoisotopic (exact) mass is 218 g/mol. The first kappa shape index (κ1) is 10.5. The number of nitrogens with zero attached hydrogens (tertiary/aromatic N) is 4. The predicted molar refractivity (Wildman–Crippen MR) is 60.0 cm³/mol. The first-order valence-electron chi connectivity index (χ1n) is 5.22. The SMILES string of the molecule is Cc1nccc(NCCCc2ncn[nH]2)n1. The molecule has 0 atom stereocenters.